The summed E-state index contributed by atoms with van der Waals surface area (Å²) in [6.45, 7) is 5.28. The van der Waals surface area contributed by atoms with Gasteiger partial charge in [0.05, 0.1) is 5.56 Å². The number of ether oxygens (including phenoxy) is 1. The molecule has 0 aliphatic rings. The number of hydrogen-bond donors (Lipinski definition) is 0. The number of carbonyl (C=O) groups excluding carboxylic acids is 2. The molecule has 0 atom stereocenters. The van der Waals surface area contributed by atoms with Crippen molar-refractivity contribution in [2.75, 3.05) is 13.6 Å². The van der Waals surface area contributed by atoms with E-state index < -0.39 is 11.6 Å². The number of aromatic nitrogens is 1. The minimum atomic E-state index is -0.546. The summed E-state index contributed by atoms with van der Waals surface area (Å²) in [5.41, 5.74) is -0.0986. The highest BCUT2D eigenvalue weighted by atomic mass is 16.6. The predicted molar refractivity (Wildman–Crippen MR) is 67.0 cm³/mol. The van der Waals surface area contributed by atoms with Gasteiger partial charge in [-0.25, -0.2) is 0 Å². The van der Waals surface area contributed by atoms with Gasteiger partial charge in [0.2, 0.25) is 0 Å². The van der Waals surface area contributed by atoms with E-state index in [0.717, 1.165) is 0 Å². The van der Waals surface area contributed by atoms with Gasteiger partial charge in [-0.1, -0.05) is 0 Å². The molecule has 0 aromatic carbocycles. The fourth-order valence-corrected chi connectivity index (χ4v) is 1.35. The Hall–Kier alpha value is -1.91. The lowest BCUT2D eigenvalue weighted by molar-refractivity contribution is -0.155. The number of nitrogens with zero attached hydrogens (tertiary/aromatic N) is 2. The molecule has 0 spiro atoms. The van der Waals surface area contributed by atoms with Crippen LogP contribution in [0, 0.1) is 0 Å². The summed E-state index contributed by atoms with van der Waals surface area (Å²) in [6.07, 6.45) is 3.05. The van der Waals surface area contributed by atoms with Crippen LogP contribution in [0.2, 0.25) is 0 Å². The third-order valence-electron chi connectivity index (χ3n) is 2.04. The van der Waals surface area contributed by atoms with Gasteiger partial charge in [-0.2, -0.15) is 0 Å². The molecule has 5 heteroatoms. The Morgan fingerprint density at radius 3 is 2.56 bits per heavy atom. The van der Waals surface area contributed by atoms with Crippen LogP contribution in [0.1, 0.15) is 31.1 Å². The van der Waals surface area contributed by atoms with E-state index in [4.69, 9.17) is 4.74 Å². The van der Waals surface area contributed by atoms with Crippen molar-refractivity contribution in [2.45, 2.75) is 26.4 Å². The molecule has 0 saturated carbocycles. The third-order valence-corrected chi connectivity index (χ3v) is 2.04. The Balaban J connectivity index is 2.59. The van der Waals surface area contributed by atoms with Crippen molar-refractivity contribution in [3.63, 3.8) is 0 Å². The molecule has 5 nitrogen and oxygen atoms in total. The largest absolute Gasteiger partial charge is 0.459 e. The second kappa shape index (κ2) is 5.62. The zero-order valence-electron chi connectivity index (χ0n) is 11.1. The Labute approximate surface area is 107 Å². The van der Waals surface area contributed by atoms with Gasteiger partial charge >= 0.3 is 5.97 Å². The average Bonchev–Trinajstić information content (AvgIpc) is 2.26. The van der Waals surface area contributed by atoms with Crippen molar-refractivity contribution in [3.05, 3.63) is 30.1 Å². The summed E-state index contributed by atoms with van der Waals surface area (Å²) in [5.74, 6) is -0.684. The summed E-state index contributed by atoms with van der Waals surface area (Å²) in [7, 11) is 1.55. The molecule has 0 N–H and O–H groups in total. The van der Waals surface area contributed by atoms with Crippen LogP contribution in [-0.2, 0) is 9.53 Å². The van der Waals surface area contributed by atoms with E-state index in [1.807, 2.05) is 0 Å². The van der Waals surface area contributed by atoms with Crippen LogP contribution in [0.15, 0.2) is 24.5 Å². The molecule has 0 aliphatic carbocycles. The molecular weight excluding hydrogens is 232 g/mol. The third kappa shape index (κ3) is 4.53. The van der Waals surface area contributed by atoms with E-state index in [0.29, 0.717) is 5.56 Å². The second-order valence-corrected chi connectivity index (χ2v) is 4.99. The van der Waals surface area contributed by atoms with Gasteiger partial charge in [-0.15, -0.1) is 0 Å². The molecule has 18 heavy (non-hydrogen) atoms. The monoisotopic (exact) mass is 250 g/mol. The van der Waals surface area contributed by atoms with Gasteiger partial charge in [0.15, 0.2) is 0 Å². The van der Waals surface area contributed by atoms with Crippen molar-refractivity contribution in [1.82, 2.24) is 9.88 Å². The topological polar surface area (TPSA) is 59.5 Å². The van der Waals surface area contributed by atoms with E-state index in [2.05, 4.69) is 4.98 Å². The van der Waals surface area contributed by atoms with Crippen molar-refractivity contribution < 1.29 is 14.3 Å². The van der Waals surface area contributed by atoms with Gasteiger partial charge in [-0.3, -0.25) is 14.6 Å². The van der Waals surface area contributed by atoms with Crippen LogP contribution in [-0.4, -0.2) is 41.0 Å². The summed E-state index contributed by atoms with van der Waals surface area (Å²) >= 11 is 0. The SMILES string of the molecule is CN(CC(=O)OC(C)(C)C)C(=O)c1cccnc1. The normalized spacial score (nSPS) is 10.9. The summed E-state index contributed by atoms with van der Waals surface area (Å²) in [6, 6.07) is 3.33. The Morgan fingerprint density at radius 2 is 2.06 bits per heavy atom. The number of likely N-dealkylation sites (N-methyl/N-ethyl adjacent to an activating group) is 1. The van der Waals surface area contributed by atoms with Gasteiger partial charge in [-0.05, 0) is 32.9 Å². The van der Waals surface area contributed by atoms with Crippen molar-refractivity contribution >= 4 is 11.9 Å². The minimum absolute atomic E-state index is 0.0784. The maximum Gasteiger partial charge on any atom is 0.326 e. The maximum atomic E-state index is 11.9. The van der Waals surface area contributed by atoms with E-state index in [-0.39, 0.29) is 12.5 Å². The molecular formula is C13H18N2O3. The Bertz CT molecular complexity index is 424. The lowest BCUT2D eigenvalue weighted by Crippen LogP contribution is -2.36. The molecule has 0 radical (unpaired) electrons. The first kappa shape index (κ1) is 14.2. The number of amides is 1. The van der Waals surface area contributed by atoms with Crippen molar-refractivity contribution in [1.29, 1.82) is 0 Å². The number of pyridine rings is 1. The first-order chi connectivity index (χ1) is 8.29. The number of esters is 1. The molecule has 1 rings (SSSR count). The Morgan fingerprint density at radius 1 is 1.39 bits per heavy atom. The van der Waals surface area contributed by atoms with Crippen LogP contribution >= 0.6 is 0 Å². The zero-order valence-corrected chi connectivity index (χ0v) is 11.1. The quantitative estimate of drug-likeness (QED) is 0.763. The summed E-state index contributed by atoms with van der Waals surface area (Å²) in [5, 5.41) is 0. The van der Waals surface area contributed by atoms with E-state index in [1.54, 1.807) is 46.1 Å². The van der Waals surface area contributed by atoms with Crippen LogP contribution in [0.4, 0.5) is 0 Å². The lowest BCUT2D eigenvalue weighted by atomic mass is 10.2. The fraction of sp³-hybridized carbons (Fsp3) is 0.462. The average molecular weight is 250 g/mol. The van der Waals surface area contributed by atoms with Gasteiger partial charge in [0.25, 0.3) is 5.91 Å². The molecule has 0 saturated heterocycles. The van der Waals surface area contributed by atoms with E-state index in [1.165, 1.54) is 11.1 Å². The first-order valence-corrected chi connectivity index (χ1v) is 5.67. The van der Waals surface area contributed by atoms with E-state index >= 15 is 0 Å². The maximum absolute atomic E-state index is 11.9. The van der Waals surface area contributed by atoms with Crippen LogP contribution in [0.5, 0.6) is 0 Å². The fourth-order valence-electron chi connectivity index (χ4n) is 1.35. The molecule has 1 aromatic rings. The molecule has 1 heterocycles. The summed E-state index contributed by atoms with van der Waals surface area (Å²) in [4.78, 5) is 28.7. The van der Waals surface area contributed by atoms with Gasteiger partial charge < -0.3 is 9.64 Å². The van der Waals surface area contributed by atoms with Crippen LogP contribution in [0.3, 0.4) is 0 Å². The molecule has 98 valence electrons. The van der Waals surface area contributed by atoms with Gasteiger partial charge in [0, 0.05) is 19.4 Å². The van der Waals surface area contributed by atoms with Gasteiger partial charge in [0.1, 0.15) is 12.1 Å². The molecule has 1 amide bonds. The number of hydrogen-bond acceptors (Lipinski definition) is 4. The standard InChI is InChI=1S/C13H18N2O3/c1-13(2,3)18-11(16)9-15(4)12(17)10-6-5-7-14-8-10/h5-8H,9H2,1-4H3. The van der Waals surface area contributed by atoms with Crippen LogP contribution in [0.25, 0.3) is 0 Å². The number of rotatable bonds is 3. The highest BCUT2D eigenvalue weighted by Gasteiger charge is 2.20. The zero-order chi connectivity index (χ0) is 13.8. The molecule has 0 bridgehead atoms. The smallest absolute Gasteiger partial charge is 0.326 e. The molecule has 0 fully saturated rings. The van der Waals surface area contributed by atoms with Crippen LogP contribution < -0.4 is 0 Å². The highest BCUT2D eigenvalue weighted by Crippen LogP contribution is 2.08. The minimum Gasteiger partial charge on any atom is -0.459 e. The predicted octanol–water partition coefficient (Wildman–Crippen LogP) is 1.50. The van der Waals surface area contributed by atoms with Crippen molar-refractivity contribution in [2.24, 2.45) is 0 Å². The molecule has 1 aromatic heterocycles. The highest BCUT2D eigenvalue weighted by molar-refractivity contribution is 5.95. The Kier molecular flexibility index (Phi) is 4.42. The first-order valence-electron chi connectivity index (χ1n) is 5.67. The molecule has 0 aliphatic heterocycles. The van der Waals surface area contributed by atoms with Crippen molar-refractivity contribution in [3.8, 4) is 0 Å². The number of carbonyl (C=O) groups is 2. The summed E-state index contributed by atoms with van der Waals surface area (Å²) < 4.78 is 5.15. The lowest BCUT2D eigenvalue weighted by Gasteiger charge is -2.22. The van der Waals surface area contributed by atoms with E-state index in [9.17, 15) is 9.59 Å². The second-order valence-electron chi connectivity index (χ2n) is 4.99. The molecule has 0 unspecified atom stereocenters.